The number of hydrogen-bond donors (Lipinski definition) is 1. The summed E-state index contributed by atoms with van der Waals surface area (Å²) in [5.74, 6) is 0.375. The fourth-order valence-corrected chi connectivity index (χ4v) is 4.64. The van der Waals surface area contributed by atoms with Gasteiger partial charge in [-0.05, 0) is 37.5 Å². The van der Waals surface area contributed by atoms with Crippen LogP contribution in [0.5, 0.6) is 0 Å². The molecule has 1 amide bonds. The third-order valence-electron chi connectivity index (χ3n) is 6.20. The molecule has 0 saturated carbocycles. The van der Waals surface area contributed by atoms with Crippen molar-refractivity contribution in [2.45, 2.75) is 32.1 Å². The zero-order valence-corrected chi connectivity index (χ0v) is 17.7. The standard InChI is InChI=1S/C26H26N4O/c1-18-6-4-7-19(14-18)25-26(28-12-11-27-25)20-8-5-13-30(17-20)24(31)15-21-16-29-23-10-3-2-9-22(21)23/h2-4,6-7,9-12,14,16,20,29H,5,8,13,15,17H2,1H3. The molecule has 1 aliphatic rings. The minimum atomic E-state index is 0.176. The maximum atomic E-state index is 13.2. The molecule has 2 aromatic carbocycles. The van der Waals surface area contributed by atoms with Crippen LogP contribution in [0.1, 0.15) is 35.6 Å². The average Bonchev–Trinajstić information content (AvgIpc) is 3.22. The summed E-state index contributed by atoms with van der Waals surface area (Å²) >= 11 is 0. The van der Waals surface area contributed by atoms with Gasteiger partial charge >= 0.3 is 0 Å². The molecule has 0 bridgehead atoms. The van der Waals surface area contributed by atoms with Crippen molar-refractivity contribution < 1.29 is 4.79 Å². The quantitative estimate of drug-likeness (QED) is 0.521. The molecular formula is C26H26N4O. The molecule has 5 rings (SSSR count). The number of H-pyrrole nitrogens is 1. The zero-order chi connectivity index (χ0) is 21.2. The Morgan fingerprint density at radius 2 is 2.00 bits per heavy atom. The third kappa shape index (κ3) is 3.96. The maximum absolute atomic E-state index is 13.2. The van der Waals surface area contributed by atoms with Crippen LogP contribution in [-0.2, 0) is 11.2 Å². The van der Waals surface area contributed by atoms with E-state index in [0.717, 1.165) is 52.8 Å². The van der Waals surface area contributed by atoms with Crippen LogP contribution in [0.25, 0.3) is 22.2 Å². The van der Waals surface area contributed by atoms with Crippen molar-refractivity contribution in [2.75, 3.05) is 13.1 Å². The predicted octanol–water partition coefficient (Wildman–Crippen LogP) is 4.88. The number of piperidine rings is 1. The van der Waals surface area contributed by atoms with Crippen LogP contribution in [0.2, 0.25) is 0 Å². The monoisotopic (exact) mass is 410 g/mol. The normalized spacial score (nSPS) is 16.5. The van der Waals surface area contributed by atoms with Crippen molar-refractivity contribution in [1.82, 2.24) is 19.9 Å². The Hall–Kier alpha value is -3.47. The highest BCUT2D eigenvalue weighted by atomic mass is 16.2. The van der Waals surface area contributed by atoms with Gasteiger partial charge in [-0.15, -0.1) is 0 Å². The minimum Gasteiger partial charge on any atom is -0.361 e. The summed E-state index contributed by atoms with van der Waals surface area (Å²) in [6.07, 6.45) is 7.90. The molecule has 0 aliphatic carbocycles. The lowest BCUT2D eigenvalue weighted by molar-refractivity contribution is -0.131. The Morgan fingerprint density at radius 3 is 2.90 bits per heavy atom. The van der Waals surface area contributed by atoms with E-state index < -0.39 is 0 Å². The van der Waals surface area contributed by atoms with E-state index in [1.54, 1.807) is 12.4 Å². The lowest BCUT2D eigenvalue weighted by Gasteiger charge is -2.33. The smallest absolute Gasteiger partial charge is 0.227 e. The van der Waals surface area contributed by atoms with Crippen molar-refractivity contribution in [3.8, 4) is 11.3 Å². The molecule has 0 radical (unpaired) electrons. The maximum Gasteiger partial charge on any atom is 0.227 e. The summed E-state index contributed by atoms with van der Waals surface area (Å²) in [5, 5.41) is 1.13. The molecule has 156 valence electrons. The second-order valence-corrected chi connectivity index (χ2v) is 8.37. The van der Waals surface area contributed by atoms with Gasteiger partial charge in [0.2, 0.25) is 5.91 Å². The van der Waals surface area contributed by atoms with Crippen LogP contribution in [0.4, 0.5) is 0 Å². The molecule has 0 spiro atoms. The fourth-order valence-electron chi connectivity index (χ4n) is 4.64. The van der Waals surface area contributed by atoms with E-state index in [9.17, 15) is 4.79 Å². The molecule has 1 atom stereocenters. The second-order valence-electron chi connectivity index (χ2n) is 8.37. The Kier molecular flexibility index (Phi) is 5.24. The van der Waals surface area contributed by atoms with E-state index in [2.05, 4.69) is 47.2 Å². The Balaban J connectivity index is 1.37. The van der Waals surface area contributed by atoms with E-state index in [4.69, 9.17) is 4.98 Å². The molecular weight excluding hydrogens is 384 g/mol. The SMILES string of the molecule is Cc1cccc(-c2nccnc2C2CCCN(C(=O)Cc3c[nH]c4ccccc34)C2)c1. The Labute approximate surface area is 182 Å². The van der Waals surface area contributed by atoms with Gasteiger partial charge in [-0.1, -0.05) is 42.0 Å². The zero-order valence-electron chi connectivity index (χ0n) is 17.7. The first-order chi connectivity index (χ1) is 15.2. The lowest BCUT2D eigenvalue weighted by atomic mass is 9.91. The molecule has 31 heavy (non-hydrogen) atoms. The van der Waals surface area contributed by atoms with Gasteiger partial charge in [0.05, 0.1) is 17.8 Å². The number of para-hydroxylation sites is 1. The molecule has 4 aromatic rings. The average molecular weight is 411 g/mol. The first-order valence-corrected chi connectivity index (χ1v) is 10.9. The highest BCUT2D eigenvalue weighted by Gasteiger charge is 2.28. The number of carbonyl (C=O) groups excluding carboxylic acids is 1. The van der Waals surface area contributed by atoms with Crippen LogP contribution in [-0.4, -0.2) is 38.8 Å². The number of nitrogens with one attached hydrogen (secondary N) is 1. The number of rotatable bonds is 4. The van der Waals surface area contributed by atoms with E-state index in [1.807, 2.05) is 29.3 Å². The van der Waals surface area contributed by atoms with Gasteiger partial charge in [-0.2, -0.15) is 0 Å². The fraction of sp³-hybridized carbons (Fsp3) is 0.269. The second kappa shape index (κ2) is 8.34. The van der Waals surface area contributed by atoms with Crippen LogP contribution < -0.4 is 0 Å². The molecule has 1 unspecified atom stereocenters. The van der Waals surface area contributed by atoms with Crippen molar-refractivity contribution >= 4 is 16.8 Å². The number of fused-ring (bicyclic) bond motifs is 1. The number of aromatic amines is 1. The lowest BCUT2D eigenvalue weighted by Crippen LogP contribution is -2.40. The van der Waals surface area contributed by atoms with Crippen molar-refractivity contribution in [2.24, 2.45) is 0 Å². The van der Waals surface area contributed by atoms with Gasteiger partial charge in [-0.25, -0.2) is 0 Å². The van der Waals surface area contributed by atoms with Gasteiger partial charge in [0, 0.05) is 54.1 Å². The Morgan fingerprint density at radius 1 is 1.13 bits per heavy atom. The first-order valence-electron chi connectivity index (χ1n) is 10.9. The third-order valence-corrected chi connectivity index (χ3v) is 6.20. The number of nitrogens with zero attached hydrogens (tertiary/aromatic N) is 3. The molecule has 2 aromatic heterocycles. The van der Waals surface area contributed by atoms with Gasteiger partial charge in [0.1, 0.15) is 0 Å². The van der Waals surface area contributed by atoms with Crippen LogP contribution in [0, 0.1) is 6.92 Å². The molecule has 5 heteroatoms. The number of aryl methyl sites for hydroxylation is 1. The van der Waals surface area contributed by atoms with Crippen molar-refractivity contribution in [1.29, 1.82) is 0 Å². The van der Waals surface area contributed by atoms with E-state index in [0.29, 0.717) is 13.0 Å². The number of likely N-dealkylation sites (tertiary alicyclic amines) is 1. The number of benzene rings is 2. The summed E-state index contributed by atoms with van der Waals surface area (Å²) in [6, 6.07) is 16.5. The van der Waals surface area contributed by atoms with Crippen molar-refractivity contribution in [3.05, 3.63) is 83.9 Å². The minimum absolute atomic E-state index is 0.176. The topological polar surface area (TPSA) is 61.9 Å². The van der Waals surface area contributed by atoms with Gasteiger partial charge in [0.15, 0.2) is 0 Å². The van der Waals surface area contributed by atoms with Crippen molar-refractivity contribution in [3.63, 3.8) is 0 Å². The van der Waals surface area contributed by atoms with Gasteiger partial charge in [-0.3, -0.25) is 14.8 Å². The number of amides is 1. The number of aromatic nitrogens is 3. The highest BCUT2D eigenvalue weighted by Crippen LogP contribution is 2.32. The summed E-state index contributed by atoms with van der Waals surface area (Å²) in [7, 11) is 0. The van der Waals surface area contributed by atoms with Gasteiger partial charge in [0.25, 0.3) is 0 Å². The van der Waals surface area contributed by atoms with Crippen LogP contribution in [0.3, 0.4) is 0 Å². The molecule has 5 nitrogen and oxygen atoms in total. The number of carbonyl (C=O) groups is 1. The van der Waals surface area contributed by atoms with E-state index >= 15 is 0 Å². The molecule has 1 fully saturated rings. The Bertz CT molecular complexity index is 1230. The molecule has 3 heterocycles. The van der Waals surface area contributed by atoms with Crippen LogP contribution >= 0.6 is 0 Å². The molecule has 1 saturated heterocycles. The summed E-state index contributed by atoms with van der Waals surface area (Å²) in [6.45, 7) is 3.59. The number of hydrogen-bond acceptors (Lipinski definition) is 3. The summed E-state index contributed by atoms with van der Waals surface area (Å²) in [4.78, 5) is 27.8. The largest absolute Gasteiger partial charge is 0.361 e. The summed E-state index contributed by atoms with van der Waals surface area (Å²) in [5.41, 5.74) is 6.35. The summed E-state index contributed by atoms with van der Waals surface area (Å²) < 4.78 is 0. The molecule has 1 N–H and O–H groups in total. The van der Waals surface area contributed by atoms with Crippen LogP contribution in [0.15, 0.2) is 67.1 Å². The first kappa shape index (κ1) is 19.5. The van der Waals surface area contributed by atoms with E-state index in [1.165, 1.54) is 5.56 Å². The van der Waals surface area contributed by atoms with Gasteiger partial charge < -0.3 is 9.88 Å². The highest BCUT2D eigenvalue weighted by molar-refractivity contribution is 5.89. The predicted molar refractivity (Wildman–Crippen MR) is 123 cm³/mol. The van der Waals surface area contributed by atoms with E-state index in [-0.39, 0.29) is 11.8 Å². The molecule has 1 aliphatic heterocycles.